The Bertz CT molecular complexity index is 1590. The van der Waals surface area contributed by atoms with Gasteiger partial charge >= 0.3 is 0 Å². The van der Waals surface area contributed by atoms with E-state index < -0.39 is 43.8 Å². The molecule has 0 aliphatic heterocycles. The highest BCUT2D eigenvalue weighted by Crippen LogP contribution is 2.33. The molecule has 1 amide bonds. The van der Waals surface area contributed by atoms with Crippen molar-refractivity contribution in [2.75, 3.05) is 20.3 Å². The summed E-state index contributed by atoms with van der Waals surface area (Å²) in [6, 6.07) is 7.23. The molecule has 194 valence electrons. The third-order valence-electron chi connectivity index (χ3n) is 5.54. The summed E-state index contributed by atoms with van der Waals surface area (Å²) in [5, 5.41) is 17.9. The summed E-state index contributed by atoms with van der Waals surface area (Å²) in [5.74, 6) is -4.58. The van der Waals surface area contributed by atoms with Gasteiger partial charge in [0, 0.05) is 35.2 Å². The van der Waals surface area contributed by atoms with E-state index in [-0.39, 0.29) is 52.3 Å². The van der Waals surface area contributed by atoms with Crippen molar-refractivity contribution >= 4 is 26.6 Å². The van der Waals surface area contributed by atoms with Crippen molar-refractivity contribution in [1.82, 2.24) is 20.5 Å². The van der Waals surface area contributed by atoms with Gasteiger partial charge in [-0.1, -0.05) is 24.3 Å². The largest absolute Gasteiger partial charge is 0.480 e. The lowest BCUT2D eigenvalue weighted by Crippen LogP contribution is -2.25. The number of fused-ring (bicyclic) bond motifs is 1. The Labute approximate surface area is 209 Å². The molecular weight excluding hydrogens is 513 g/mol. The lowest BCUT2D eigenvalue weighted by atomic mass is 10.00. The second kappa shape index (κ2) is 10.6. The van der Waals surface area contributed by atoms with Gasteiger partial charge in [-0.25, -0.2) is 26.6 Å². The van der Waals surface area contributed by atoms with Crippen LogP contribution in [0, 0.1) is 17.5 Å². The van der Waals surface area contributed by atoms with Gasteiger partial charge in [-0.3, -0.25) is 9.89 Å². The van der Waals surface area contributed by atoms with Gasteiger partial charge in [0.1, 0.15) is 27.7 Å². The number of benzene rings is 2. The van der Waals surface area contributed by atoms with Crippen molar-refractivity contribution in [2.24, 2.45) is 0 Å². The number of hydrogen-bond acceptors (Lipinski definition) is 7. The highest BCUT2D eigenvalue weighted by Gasteiger charge is 2.26. The van der Waals surface area contributed by atoms with Crippen molar-refractivity contribution < 1.29 is 36.2 Å². The summed E-state index contributed by atoms with van der Waals surface area (Å²) in [5.41, 5.74) is -0.926. The molecule has 0 atom stereocenters. The number of halogens is 3. The van der Waals surface area contributed by atoms with E-state index in [0.29, 0.717) is 6.42 Å². The number of carbonyl (C=O) groups excluding carboxylic acids is 1. The highest BCUT2D eigenvalue weighted by atomic mass is 32.2. The topological polar surface area (TPSA) is 134 Å². The first-order valence-corrected chi connectivity index (χ1v) is 12.6. The van der Waals surface area contributed by atoms with Crippen molar-refractivity contribution in [3.8, 4) is 17.0 Å². The highest BCUT2D eigenvalue weighted by molar-refractivity contribution is 7.90. The summed E-state index contributed by atoms with van der Waals surface area (Å²) >= 11 is 0. The molecular formula is C24H21F3N4O5S. The smallest absolute Gasteiger partial charge is 0.269 e. The number of sulfone groups is 1. The molecule has 0 spiro atoms. The zero-order valence-corrected chi connectivity index (χ0v) is 20.2. The number of nitrogens with zero attached hydrogens (tertiary/aromatic N) is 2. The normalized spacial score (nSPS) is 11.6. The van der Waals surface area contributed by atoms with Crippen LogP contribution in [0.1, 0.15) is 22.5 Å². The first-order valence-electron chi connectivity index (χ1n) is 10.9. The predicted octanol–water partition coefficient (Wildman–Crippen LogP) is 3.14. The third kappa shape index (κ3) is 5.13. The molecule has 4 aromatic rings. The number of aliphatic hydroxyl groups excluding tert-OH is 1. The van der Waals surface area contributed by atoms with Crippen LogP contribution in [-0.2, 0) is 15.6 Å². The lowest BCUT2D eigenvalue weighted by Gasteiger charge is -2.12. The van der Waals surface area contributed by atoms with E-state index in [1.807, 2.05) is 0 Å². The minimum Gasteiger partial charge on any atom is -0.480 e. The Morgan fingerprint density at radius 3 is 2.62 bits per heavy atom. The predicted molar refractivity (Wildman–Crippen MR) is 127 cm³/mol. The van der Waals surface area contributed by atoms with Crippen LogP contribution in [0.4, 0.5) is 13.2 Å². The van der Waals surface area contributed by atoms with Crippen molar-refractivity contribution in [1.29, 1.82) is 0 Å². The maximum absolute atomic E-state index is 15.5. The number of H-pyrrole nitrogens is 1. The Hall–Kier alpha value is -3.97. The maximum atomic E-state index is 15.5. The summed E-state index contributed by atoms with van der Waals surface area (Å²) in [6.07, 6.45) is 1.13. The van der Waals surface area contributed by atoms with Gasteiger partial charge < -0.3 is 15.2 Å². The summed E-state index contributed by atoms with van der Waals surface area (Å²) < 4.78 is 75.3. The molecule has 2 aromatic heterocycles. The van der Waals surface area contributed by atoms with E-state index >= 15 is 8.78 Å². The van der Waals surface area contributed by atoms with Crippen LogP contribution in [0.2, 0.25) is 0 Å². The molecule has 0 aliphatic rings. The van der Waals surface area contributed by atoms with E-state index in [0.717, 1.165) is 12.3 Å². The number of methoxy groups -OCH3 is 1. The van der Waals surface area contributed by atoms with E-state index in [2.05, 4.69) is 20.5 Å². The van der Waals surface area contributed by atoms with E-state index in [4.69, 9.17) is 9.84 Å². The number of ether oxygens (including phenoxy) is 1. The molecule has 0 unspecified atom stereocenters. The van der Waals surface area contributed by atoms with Crippen molar-refractivity contribution in [3.63, 3.8) is 0 Å². The van der Waals surface area contributed by atoms with E-state index in [1.165, 1.54) is 37.4 Å². The zero-order valence-electron chi connectivity index (χ0n) is 19.4. The molecule has 0 saturated carbocycles. The first-order chi connectivity index (χ1) is 17.7. The Morgan fingerprint density at radius 2 is 1.89 bits per heavy atom. The number of pyridine rings is 1. The van der Waals surface area contributed by atoms with Crippen LogP contribution < -0.4 is 10.1 Å². The van der Waals surface area contributed by atoms with Gasteiger partial charge in [-0.05, 0) is 18.6 Å². The van der Waals surface area contributed by atoms with Crippen LogP contribution in [0.3, 0.4) is 0 Å². The number of amides is 1. The Balaban J connectivity index is 1.70. The number of hydrogen-bond donors (Lipinski definition) is 3. The van der Waals surface area contributed by atoms with E-state index in [1.54, 1.807) is 0 Å². The molecule has 37 heavy (non-hydrogen) atoms. The van der Waals surface area contributed by atoms with Gasteiger partial charge in [0.2, 0.25) is 5.88 Å². The summed E-state index contributed by atoms with van der Waals surface area (Å²) in [6.45, 7) is 0.0927. The molecule has 0 bridgehead atoms. The SMILES string of the molecule is COc1ncc(F)cc1S(=O)(=O)Cc1cccc(-c2ccc3c(C(=O)NCCCO)[nH]nc3c2F)c1F. The molecule has 0 fully saturated rings. The Kier molecular flexibility index (Phi) is 7.45. The number of aromatic amines is 1. The summed E-state index contributed by atoms with van der Waals surface area (Å²) in [4.78, 5) is 15.4. The molecule has 9 nitrogen and oxygen atoms in total. The number of carbonyl (C=O) groups is 1. The number of nitrogens with one attached hydrogen (secondary N) is 2. The molecule has 2 heterocycles. The van der Waals surface area contributed by atoms with Crippen LogP contribution in [0.25, 0.3) is 22.0 Å². The quantitative estimate of drug-likeness (QED) is 0.281. The third-order valence-corrected chi connectivity index (χ3v) is 7.19. The van der Waals surface area contributed by atoms with Crippen molar-refractivity contribution in [2.45, 2.75) is 17.1 Å². The molecule has 2 aromatic carbocycles. The van der Waals surface area contributed by atoms with Crippen LogP contribution in [0.5, 0.6) is 5.88 Å². The Morgan fingerprint density at radius 1 is 1.14 bits per heavy atom. The number of aliphatic hydroxyl groups is 1. The number of aromatic nitrogens is 3. The van der Waals surface area contributed by atoms with Gasteiger partial charge in [-0.2, -0.15) is 5.10 Å². The number of rotatable bonds is 9. The fourth-order valence-electron chi connectivity index (χ4n) is 3.76. The molecule has 3 N–H and O–H groups in total. The summed E-state index contributed by atoms with van der Waals surface area (Å²) in [7, 11) is -3.13. The molecule has 13 heteroatoms. The maximum Gasteiger partial charge on any atom is 0.269 e. The second-order valence-electron chi connectivity index (χ2n) is 7.95. The molecule has 0 aliphatic carbocycles. The minimum atomic E-state index is -4.30. The van der Waals surface area contributed by atoms with Crippen LogP contribution in [-0.4, -0.2) is 54.9 Å². The van der Waals surface area contributed by atoms with Gasteiger partial charge in [0.25, 0.3) is 5.91 Å². The standard InChI is InChI=1S/C24H21F3N4O5S/c1-36-24-18(10-14(25)11-29-24)37(34,35)12-13-4-2-5-15(19(13)26)16-6-7-17-21(20(16)27)30-31-22(17)23(33)28-8-3-9-32/h2,4-7,10-11,32H,3,8-9,12H2,1H3,(H,28,33)(H,30,31). The molecule has 0 saturated heterocycles. The average molecular weight is 535 g/mol. The second-order valence-corrected chi connectivity index (χ2v) is 9.91. The van der Waals surface area contributed by atoms with Gasteiger partial charge in [0.15, 0.2) is 15.7 Å². The molecule has 4 rings (SSSR count). The van der Waals surface area contributed by atoms with Crippen LogP contribution >= 0.6 is 0 Å². The lowest BCUT2D eigenvalue weighted by molar-refractivity contribution is 0.0947. The average Bonchev–Trinajstić information content (AvgIpc) is 3.31. The first kappa shape index (κ1) is 26.1. The zero-order chi connectivity index (χ0) is 26.7. The van der Waals surface area contributed by atoms with Crippen molar-refractivity contribution in [3.05, 3.63) is 71.3 Å². The monoisotopic (exact) mass is 534 g/mol. The fourth-order valence-corrected chi connectivity index (χ4v) is 5.25. The minimum absolute atomic E-state index is 0.00337. The van der Waals surface area contributed by atoms with E-state index in [9.17, 15) is 17.6 Å². The van der Waals surface area contributed by atoms with Crippen LogP contribution in [0.15, 0.2) is 47.5 Å². The van der Waals surface area contributed by atoms with Gasteiger partial charge in [0.05, 0.1) is 19.1 Å². The van der Waals surface area contributed by atoms with Gasteiger partial charge in [-0.15, -0.1) is 0 Å². The molecule has 0 radical (unpaired) electrons. The fraction of sp³-hybridized carbons (Fsp3) is 0.208.